The van der Waals surface area contributed by atoms with Gasteiger partial charge in [-0.25, -0.2) is 4.79 Å². The number of amides is 7. The Balaban J connectivity index is 2.36. The molecule has 1 heterocycles. The van der Waals surface area contributed by atoms with E-state index in [9.17, 15) is 53.7 Å². The number of benzene rings is 1. The average molecular weight is 806 g/mol. The molecule has 1 aromatic rings. The molecule has 57 heavy (non-hydrogen) atoms. The summed E-state index contributed by atoms with van der Waals surface area (Å²) in [7, 11) is 0. The monoisotopic (exact) mass is 805 g/mol. The number of carbonyl (C=O) groups excluding carboxylic acids is 7. The number of aliphatic hydroxyl groups is 1. The number of aliphatic hydroxyl groups excluding tert-OH is 1. The van der Waals surface area contributed by atoms with Crippen molar-refractivity contribution in [1.82, 2.24) is 37.2 Å². The van der Waals surface area contributed by atoms with Gasteiger partial charge in [0.15, 0.2) is 0 Å². The number of carboxylic acids is 1. The Labute approximate surface area is 331 Å². The summed E-state index contributed by atoms with van der Waals surface area (Å²) in [5.74, 6) is -7.28. The molecular formula is C37H59N9O11. The van der Waals surface area contributed by atoms with Crippen molar-refractivity contribution in [2.24, 2.45) is 17.4 Å². The van der Waals surface area contributed by atoms with Crippen LogP contribution in [0.3, 0.4) is 0 Å². The largest absolute Gasteiger partial charge is 0.508 e. The number of rotatable bonds is 15. The zero-order chi connectivity index (χ0) is 42.7. The fraction of sp³-hybridized carbons (Fsp3) is 0.622. The molecular weight excluding hydrogens is 746 g/mol. The maximum atomic E-state index is 13.8. The molecule has 1 fully saturated rings. The number of nitrogens with one attached hydrogen (secondary N) is 7. The second kappa shape index (κ2) is 24.3. The maximum Gasteiger partial charge on any atom is 0.326 e. The molecule has 14 N–H and O–H groups in total. The van der Waals surface area contributed by atoms with Gasteiger partial charge in [-0.1, -0.05) is 26.0 Å². The van der Waals surface area contributed by atoms with Crippen LogP contribution in [-0.4, -0.2) is 125 Å². The summed E-state index contributed by atoms with van der Waals surface area (Å²) in [4.78, 5) is 104. The highest BCUT2D eigenvalue weighted by atomic mass is 16.4. The molecule has 1 aromatic carbocycles. The van der Waals surface area contributed by atoms with Crippen LogP contribution in [0.25, 0.3) is 0 Å². The normalized spacial score (nSPS) is 21.1. The van der Waals surface area contributed by atoms with Crippen LogP contribution in [0.5, 0.6) is 5.75 Å². The number of hydrogen-bond acceptors (Lipinski definition) is 12. The Kier molecular flexibility index (Phi) is 20.4. The van der Waals surface area contributed by atoms with Crippen LogP contribution in [0.4, 0.5) is 0 Å². The number of nitrogens with two attached hydrogens (primary N) is 2. The summed E-state index contributed by atoms with van der Waals surface area (Å²) in [6, 6.07) is -1.98. The van der Waals surface area contributed by atoms with E-state index >= 15 is 0 Å². The average Bonchev–Trinajstić information content (AvgIpc) is 3.15. The number of phenolic OH excluding ortho intramolecular Hbond substituents is 1. The molecule has 2 rings (SSSR count). The third-order valence-corrected chi connectivity index (χ3v) is 9.22. The fourth-order valence-corrected chi connectivity index (χ4v) is 5.82. The van der Waals surface area contributed by atoms with E-state index in [-0.39, 0.29) is 50.8 Å². The lowest BCUT2D eigenvalue weighted by Crippen LogP contribution is -2.61. The Bertz CT molecular complexity index is 1540. The minimum atomic E-state index is -1.68. The van der Waals surface area contributed by atoms with Gasteiger partial charge < -0.3 is 64.0 Å². The number of carboxylic acid groups (broad SMARTS) is 1. The first-order valence-corrected chi connectivity index (χ1v) is 19.1. The molecule has 0 saturated carbocycles. The van der Waals surface area contributed by atoms with Crippen molar-refractivity contribution in [3.8, 4) is 5.75 Å². The van der Waals surface area contributed by atoms with Gasteiger partial charge in [0.25, 0.3) is 0 Å². The van der Waals surface area contributed by atoms with Crippen LogP contribution in [0.2, 0.25) is 0 Å². The predicted octanol–water partition coefficient (Wildman–Crippen LogP) is -2.87. The molecule has 1 saturated heterocycles. The fourth-order valence-electron chi connectivity index (χ4n) is 5.82. The van der Waals surface area contributed by atoms with Crippen molar-refractivity contribution < 1.29 is 53.7 Å². The van der Waals surface area contributed by atoms with Crippen LogP contribution < -0.4 is 48.7 Å². The Morgan fingerprint density at radius 3 is 2.18 bits per heavy atom. The Morgan fingerprint density at radius 1 is 0.877 bits per heavy atom. The van der Waals surface area contributed by atoms with Gasteiger partial charge in [-0.3, -0.25) is 33.6 Å². The lowest BCUT2D eigenvalue weighted by atomic mass is 10.0. The summed E-state index contributed by atoms with van der Waals surface area (Å²) in [5.41, 5.74) is 12.5. The molecule has 7 amide bonds. The molecule has 0 aliphatic carbocycles. The van der Waals surface area contributed by atoms with Gasteiger partial charge in [0, 0.05) is 13.0 Å². The van der Waals surface area contributed by atoms with Crippen molar-refractivity contribution >= 4 is 47.3 Å². The van der Waals surface area contributed by atoms with E-state index < -0.39 is 102 Å². The number of carbonyl (C=O) groups is 8. The Morgan fingerprint density at radius 2 is 1.56 bits per heavy atom. The molecule has 0 radical (unpaired) electrons. The van der Waals surface area contributed by atoms with Gasteiger partial charge >= 0.3 is 5.97 Å². The van der Waals surface area contributed by atoms with E-state index in [0.717, 1.165) is 0 Å². The van der Waals surface area contributed by atoms with Crippen LogP contribution in [0.15, 0.2) is 24.3 Å². The van der Waals surface area contributed by atoms with E-state index in [2.05, 4.69) is 37.2 Å². The number of aliphatic carboxylic acids is 1. The SMILES string of the molecule is CC(C)[C@H](NC(=O)[C@H]1CCC(=O)NCC(=O)NCCCC[C@@H](NC(=O)[C@H](CCCCN)NC(=O)[C@@H](N)Cc2ccc(O)cc2)C(=O)N[C@H]([C@H](C)O)C(=O)N1)C(=O)O. The van der Waals surface area contributed by atoms with E-state index in [0.29, 0.717) is 31.4 Å². The minimum Gasteiger partial charge on any atom is -0.508 e. The van der Waals surface area contributed by atoms with Crippen LogP contribution in [0, 0.1) is 5.92 Å². The molecule has 20 nitrogen and oxygen atoms in total. The first kappa shape index (κ1) is 47.8. The molecule has 0 unspecified atom stereocenters. The van der Waals surface area contributed by atoms with Gasteiger partial charge in [-0.05, 0) is 88.4 Å². The summed E-state index contributed by atoms with van der Waals surface area (Å²) >= 11 is 0. The molecule has 0 bridgehead atoms. The zero-order valence-electron chi connectivity index (χ0n) is 32.7. The first-order chi connectivity index (χ1) is 26.9. The highest BCUT2D eigenvalue weighted by Crippen LogP contribution is 2.12. The lowest BCUT2D eigenvalue weighted by molar-refractivity contribution is -0.144. The van der Waals surface area contributed by atoms with Crippen LogP contribution in [0.1, 0.15) is 77.7 Å². The summed E-state index contributed by atoms with van der Waals surface area (Å²) in [5, 5.41) is 47.3. The highest BCUT2D eigenvalue weighted by Gasteiger charge is 2.35. The summed E-state index contributed by atoms with van der Waals surface area (Å²) in [6.45, 7) is 4.39. The highest BCUT2D eigenvalue weighted by molar-refractivity contribution is 5.97. The molecule has 20 heteroatoms. The number of hydrogen-bond donors (Lipinski definition) is 12. The second-order valence-corrected chi connectivity index (χ2v) is 14.4. The predicted molar refractivity (Wildman–Crippen MR) is 206 cm³/mol. The summed E-state index contributed by atoms with van der Waals surface area (Å²) in [6.07, 6.45) is -0.467. The topological polar surface area (TPSA) is 334 Å². The van der Waals surface area contributed by atoms with Gasteiger partial charge in [0.1, 0.15) is 36.0 Å². The third kappa shape index (κ3) is 17.1. The van der Waals surface area contributed by atoms with E-state index in [1.54, 1.807) is 26.0 Å². The second-order valence-electron chi connectivity index (χ2n) is 14.4. The van der Waals surface area contributed by atoms with E-state index in [1.807, 2.05) is 0 Å². The molecule has 0 aromatic heterocycles. The maximum absolute atomic E-state index is 13.8. The van der Waals surface area contributed by atoms with Gasteiger partial charge in [-0.15, -0.1) is 0 Å². The third-order valence-electron chi connectivity index (χ3n) is 9.22. The first-order valence-electron chi connectivity index (χ1n) is 19.1. The number of unbranched alkanes of at least 4 members (excludes halogenated alkanes) is 1. The van der Waals surface area contributed by atoms with Crippen molar-refractivity contribution in [2.45, 2.75) is 121 Å². The van der Waals surface area contributed by atoms with Crippen LogP contribution in [-0.2, 0) is 44.8 Å². The van der Waals surface area contributed by atoms with Crippen molar-refractivity contribution in [2.75, 3.05) is 19.6 Å². The van der Waals surface area contributed by atoms with E-state index in [4.69, 9.17) is 11.5 Å². The Hall–Kier alpha value is -5.34. The molecule has 7 atom stereocenters. The molecule has 1 aliphatic rings. The standard InChI is InChI=1S/C37H59N9O11/c1-20(2)30(37(56)57)45-35(54)27-14-15-28(49)41-19-29(50)40-17-7-5-9-26(34(53)46-31(21(3)47)36(55)44-27)43-33(52)25(8-4-6-16-38)42-32(51)24(39)18-22-10-12-23(48)13-11-22/h10-13,20-21,24-27,30-31,47-48H,4-9,14-19,38-39H2,1-3H3,(H,40,50)(H,41,49)(H,42,51)(H,43,52)(H,44,55)(H,45,54)(H,46,53)(H,56,57)/t21-,24-,25-,26+,27+,30-,31+/m0/s1. The number of phenols is 1. The molecule has 1 aliphatic heterocycles. The van der Waals surface area contributed by atoms with Crippen molar-refractivity contribution in [1.29, 1.82) is 0 Å². The summed E-state index contributed by atoms with van der Waals surface area (Å²) < 4.78 is 0. The van der Waals surface area contributed by atoms with Crippen molar-refractivity contribution in [3.63, 3.8) is 0 Å². The molecule has 318 valence electrons. The smallest absolute Gasteiger partial charge is 0.326 e. The lowest BCUT2D eigenvalue weighted by Gasteiger charge is -2.28. The van der Waals surface area contributed by atoms with Gasteiger partial charge in [0.05, 0.1) is 18.7 Å². The van der Waals surface area contributed by atoms with E-state index in [1.165, 1.54) is 19.1 Å². The van der Waals surface area contributed by atoms with Crippen LogP contribution >= 0.6 is 0 Å². The van der Waals surface area contributed by atoms with Crippen molar-refractivity contribution in [3.05, 3.63) is 29.8 Å². The minimum absolute atomic E-state index is 0.0149. The van der Waals surface area contributed by atoms with Gasteiger partial charge in [0.2, 0.25) is 41.4 Å². The number of aromatic hydroxyl groups is 1. The van der Waals surface area contributed by atoms with Gasteiger partial charge in [-0.2, -0.15) is 0 Å². The molecule has 0 spiro atoms. The quantitative estimate of drug-likeness (QED) is 0.0795. The zero-order valence-corrected chi connectivity index (χ0v) is 32.7.